The number of likely N-dealkylation sites (tertiary alicyclic amines) is 1. The Hall–Kier alpha value is -1.35. The molecule has 0 spiro atoms. The molecule has 0 radical (unpaired) electrons. The zero-order chi connectivity index (χ0) is 11.5. The predicted molar refractivity (Wildman–Crippen MR) is 64.1 cm³/mol. The molecule has 0 saturated carbocycles. The van der Waals surface area contributed by atoms with Gasteiger partial charge in [0, 0.05) is 13.1 Å². The molecule has 1 fully saturated rings. The average molecular weight is 218 g/mol. The minimum atomic E-state index is -0.266. The summed E-state index contributed by atoms with van der Waals surface area (Å²) in [5.74, 6) is 0.104. The lowest BCUT2D eigenvalue weighted by Crippen LogP contribution is -2.35. The highest BCUT2D eigenvalue weighted by Gasteiger charge is 2.27. The molecule has 1 saturated heterocycles. The lowest BCUT2D eigenvalue weighted by molar-refractivity contribution is -0.128. The van der Waals surface area contributed by atoms with Gasteiger partial charge in [-0.2, -0.15) is 0 Å². The van der Waals surface area contributed by atoms with Crippen LogP contribution in [-0.2, 0) is 11.2 Å². The summed E-state index contributed by atoms with van der Waals surface area (Å²) in [4.78, 5) is 13.5. The molecule has 2 rings (SSSR count). The number of hydrogen-bond donors (Lipinski definition) is 1. The maximum absolute atomic E-state index is 11.6. The molecule has 3 heteroatoms. The monoisotopic (exact) mass is 218 g/mol. The number of carbonyl (C=O) groups excluding carboxylic acids is 1. The van der Waals surface area contributed by atoms with E-state index in [0.29, 0.717) is 0 Å². The van der Waals surface area contributed by atoms with Gasteiger partial charge in [-0.05, 0) is 25.3 Å². The minimum absolute atomic E-state index is 0.104. The number of carbonyl (C=O) groups is 1. The summed E-state index contributed by atoms with van der Waals surface area (Å²) >= 11 is 0. The number of benzene rings is 1. The van der Waals surface area contributed by atoms with Crippen LogP contribution >= 0.6 is 0 Å². The van der Waals surface area contributed by atoms with Crippen molar-refractivity contribution in [3.8, 4) is 0 Å². The van der Waals surface area contributed by atoms with Crippen molar-refractivity contribution in [2.45, 2.75) is 25.8 Å². The average Bonchev–Trinajstić information content (AvgIpc) is 2.57. The van der Waals surface area contributed by atoms with Crippen LogP contribution in [0.1, 0.15) is 17.5 Å². The van der Waals surface area contributed by atoms with Crippen molar-refractivity contribution in [2.75, 3.05) is 13.1 Å². The van der Waals surface area contributed by atoms with Gasteiger partial charge in [0.2, 0.25) is 5.91 Å². The highest BCUT2D eigenvalue weighted by atomic mass is 16.2. The lowest BCUT2D eigenvalue weighted by atomic mass is 10.1. The van der Waals surface area contributed by atoms with Crippen LogP contribution in [0.3, 0.4) is 0 Å². The van der Waals surface area contributed by atoms with Crippen LogP contribution in [0.4, 0.5) is 0 Å². The van der Waals surface area contributed by atoms with Gasteiger partial charge in [-0.25, -0.2) is 0 Å². The molecular weight excluding hydrogens is 200 g/mol. The van der Waals surface area contributed by atoms with Gasteiger partial charge in [0.1, 0.15) is 0 Å². The topological polar surface area (TPSA) is 46.3 Å². The van der Waals surface area contributed by atoms with E-state index < -0.39 is 0 Å². The van der Waals surface area contributed by atoms with E-state index in [9.17, 15) is 4.79 Å². The normalized spacial score (nSPS) is 20.5. The van der Waals surface area contributed by atoms with E-state index in [1.807, 2.05) is 4.90 Å². The third kappa shape index (κ3) is 2.42. The molecular formula is C13H18N2O. The SMILES string of the molecule is Cc1cccc(CCN2CCC(N)C2=O)c1. The summed E-state index contributed by atoms with van der Waals surface area (Å²) in [5.41, 5.74) is 8.22. The van der Waals surface area contributed by atoms with E-state index >= 15 is 0 Å². The highest BCUT2D eigenvalue weighted by Crippen LogP contribution is 2.11. The summed E-state index contributed by atoms with van der Waals surface area (Å²) in [6, 6.07) is 8.15. The smallest absolute Gasteiger partial charge is 0.239 e. The number of amides is 1. The standard InChI is InChI=1S/C13H18N2O/c1-10-3-2-4-11(9-10)5-7-15-8-6-12(14)13(15)16/h2-4,9,12H,5-8,14H2,1H3. The maximum Gasteiger partial charge on any atom is 0.239 e. The first-order valence-electron chi connectivity index (χ1n) is 5.77. The van der Waals surface area contributed by atoms with Crippen molar-refractivity contribution in [3.05, 3.63) is 35.4 Å². The fourth-order valence-corrected chi connectivity index (χ4v) is 2.12. The zero-order valence-electron chi connectivity index (χ0n) is 9.65. The van der Waals surface area contributed by atoms with Gasteiger partial charge in [-0.15, -0.1) is 0 Å². The van der Waals surface area contributed by atoms with E-state index in [1.165, 1.54) is 11.1 Å². The number of hydrogen-bond acceptors (Lipinski definition) is 2. The summed E-state index contributed by atoms with van der Waals surface area (Å²) in [7, 11) is 0. The van der Waals surface area contributed by atoms with Gasteiger partial charge in [-0.1, -0.05) is 29.8 Å². The zero-order valence-corrected chi connectivity index (χ0v) is 9.65. The number of aryl methyl sites for hydroxylation is 1. The molecule has 1 atom stereocenters. The Morgan fingerprint density at radius 3 is 2.94 bits per heavy atom. The first-order valence-corrected chi connectivity index (χ1v) is 5.77. The second-order valence-corrected chi connectivity index (χ2v) is 4.46. The van der Waals surface area contributed by atoms with Crippen molar-refractivity contribution < 1.29 is 4.79 Å². The number of nitrogens with two attached hydrogens (primary N) is 1. The molecule has 0 aromatic heterocycles. The molecule has 1 aliphatic rings. The van der Waals surface area contributed by atoms with Gasteiger partial charge in [0.25, 0.3) is 0 Å². The lowest BCUT2D eigenvalue weighted by Gasteiger charge is -2.15. The van der Waals surface area contributed by atoms with Crippen LogP contribution in [0.2, 0.25) is 0 Å². The third-order valence-electron chi connectivity index (χ3n) is 3.09. The summed E-state index contributed by atoms with van der Waals surface area (Å²) in [6.07, 6.45) is 1.72. The minimum Gasteiger partial charge on any atom is -0.341 e. The van der Waals surface area contributed by atoms with E-state index in [0.717, 1.165) is 25.9 Å². The Morgan fingerprint density at radius 2 is 2.31 bits per heavy atom. The summed E-state index contributed by atoms with van der Waals surface area (Å²) in [6.45, 7) is 3.68. The summed E-state index contributed by atoms with van der Waals surface area (Å²) < 4.78 is 0. The van der Waals surface area contributed by atoms with Crippen molar-refractivity contribution in [1.82, 2.24) is 4.90 Å². The van der Waals surface area contributed by atoms with Crippen LogP contribution in [0.25, 0.3) is 0 Å². The number of rotatable bonds is 3. The largest absolute Gasteiger partial charge is 0.341 e. The van der Waals surface area contributed by atoms with E-state index in [-0.39, 0.29) is 11.9 Å². The second-order valence-electron chi connectivity index (χ2n) is 4.46. The predicted octanol–water partition coefficient (Wildman–Crippen LogP) is 1.10. The molecule has 3 nitrogen and oxygen atoms in total. The molecule has 0 aliphatic carbocycles. The van der Waals surface area contributed by atoms with Crippen LogP contribution in [0.5, 0.6) is 0 Å². The van der Waals surface area contributed by atoms with Gasteiger partial charge in [0.05, 0.1) is 6.04 Å². The highest BCUT2D eigenvalue weighted by molar-refractivity contribution is 5.83. The fraction of sp³-hybridized carbons (Fsp3) is 0.462. The molecule has 1 heterocycles. The molecule has 1 aromatic carbocycles. The fourth-order valence-electron chi connectivity index (χ4n) is 2.12. The Labute approximate surface area is 96.2 Å². The maximum atomic E-state index is 11.6. The quantitative estimate of drug-likeness (QED) is 0.825. The molecule has 1 unspecified atom stereocenters. The Morgan fingerprint density at radius 1 is 1.50 bits per heavy atom. The van der Waals surface area contributed by atoms with E-state index in [1.54, 1.807) is 0 Å². The molecule has 0 bridgehead atoms. The van der Waals surface area contributed by atoms with Crippen molar-refractivity contribution in [1.29, 1.82) is 0 Å². The first-order chi connectivity index (χ1) is 7.66. The second kappa shape index (κ2) is 4.66. The van der Waals surface area contributed by atoms with Crippen LogP contribution < -0.4 is 5.73 Å². The molecule has 1 amide bonds. The molecule has 1 aliphatic heterocycles. The third-order valence-corrected chi connectivity index (χ3v) is 3.09. The van der Waals surface area contributed by atoms with Crippen molar-refractivity contribution >= 4 is 5.91 Å². The van der Waals surface area contributed by atoms with E-state index in [2.05, 4.69) is 31.2 Å². The Balaban J connectivity index is 1.90. The molecule has 2 N–H and O–H groups in total. The molecule has 86 valence electrons. The Kier molecular flexibility index (Phi) is 3.25. The van der Waals surface area contributed by atoms with E-state index in [4.69, 9.17) is 5.73 Å². The van der Waals surface area contributed by atoms with Crippen LogP contribution in [0.15, 0.2) is 24.3 Å². The molecule has 16 heavy (non-hydrogen) atoms. The van der Waals surface area contributed by atoms with Gasteiger partial charge in [-0.3, -0.25) is 4.79 Å². The molecule has 1 aromatic rings. The van der Waals surface area contributed by atoms with Gasteiger partial charge < -0.3 is 10.6 Å². The van der Waals surface area contributed by atoms with Crippen molar-refractivity contribution in [2.24, 2.45) is 5.73 Å². The van der Waals surface area contributed by atoms with Crippen LogP contribution in [-0.4, -0.2) is 29.9 Å². The van der Waals surface area contributed by atoms with Gasteiger partial charge in [0.15, 0.2) is 0 Å². The Bertz CT molecular complexity index is 389. The van der Waals surface area contributed by atoms with Crippen molar-refractivity contribution in [3.63, 3.8) is 0 Å². The van der Waals surface area contributed by atoms with Gasteiger partial charge >= 0.3 is 0 Å². The van der Waals surface area contributed by atoms with Crippen LogP contribution in [0, 0.1) is 6.92 Å². The first kappa shape index (κ1) is 11.1. The summed E-state index contributed by atoms with van der Waals surface area (Å²) in [5, 5.41) is 0. The number of nitrogens with zero attached hydrogens (tertiary/aromatic N) is 1.